The standard InChI is InChI=1S/C8H16BrN/c1-3-10-5-4-7(2)8(10)6-9/h7-8H,3-6H2,1-2H3. The molecule has 1 aliphatic rings. The normalized spacial score (nSPS) is 35.1. The smallest absolute Gasteiger partial charge is 0.0218 e. The molecule has 0 bridgehead atoms. The van der Waals surface area contributed by atoms with Crippen molar-refractivity contribution in [3.8, 4) is 0 Å². The van der Waals surface area contributed by atoms with Crippen LogP contribution in [-0.2, 0) is 0 Å². The molecule has 2 heteroatoms. The van der Waals surface area contributed by atoms with Crippen molar-refractivity contribution in [2.75, 3.05) is 18.4 Å². The largest absolute Gasteiger partial charge is 0.300 e. The molecule has 0 aromatic carbocycles. The van der Waals surface area contributed by atoms with Crippen LogP contribution in [0.15, 0.2) is 0 Å². The lowest BCUT2D eigenvalue weighted by Gasteiger charge is -2.22. The number of halogens is 1. The van der Waals surface area contributed by atoms with E-state index in [1.165, 1.54) is 19.5 Å². The minimum atomic E-state index is 0.796. The second kappa shape index (κ2) is 3.72. The lowest BCUT2D eigenvalue weighted by molar-refractivity contribution is 0.266. The number of rotatable bonds is 2. The van der Waals surface area contributed by atoms with Gasteiger partial charge in [-0.3, -0.25) is 4.90 Å². The third-order valence-electron chi connectivity index (χ3n) is 2.56. The van der Waals surface area contributed by atoms with Crippen molar-refractivity contribution in [3.05, 3.63) is 0 Å². The second-order valence-corrected chi connectivity index (χ2v) is 3.76. The summed E-state index contributed by atoms with van der Waals surface area (Å²) in [4.78, 5) is 2.55. The van der Waals surface area contributed by atoms with E-state index in [2.05, 4.69) is 34.7 Å². The van der Waals surface area contributed by atoms with Gasteiger partial charge < -0.3 is 0 Å². The molecule has 0 aromatic heterocycles. The van der Waals surface area contributed by atoms with Crippen LogP contribution in [0.25, 0.3) is 0 Å². The third kappa shape index (κ3) is 1.54. The van der Waals surface area contributed by atoms with Gasteiger partial charge in [0.2, 0.25) is 0 Å². The van der Waals surface area contributed by atoms with Gasteiger partial charge in [0.1, 0.15) is 0 Å². The van der Waals surface area contributed by atoms with Crippen LogP contribution in [0.4, 0.5) is 0 Å². The molecule has 10 heavy (non-hydrogen) atoms. The summed E-state index contributed by atoms with van der Waals surface area (Å²) >= 11 is 3.56. The summed E-state index contributed by atoms with van der Waals surface area (Å²) in [6, 6.07) is 0.796. The van der Waals surface area contributed by atoms with Crippen LogP contribution in [0.2, 0.25) is 0 Å². The minimum Gasteiger partial charge on any atom is -0.300 e. The zero-order valence-electron chi connectivity index (χ0n) is 6.81. The maximum atomic E-state index is 3.56. The number of likely N-dealkylation sites (tertiary alicyclic amines) is 1. The van der Waals surface area contributed by atoms with E-state index in [0.717, 1.165) is 17.3 Å². The van der Waals surface area contributed by atoms with Crippen LogP contribution >= 0.6 is 15.9 Å². The Labute approximate surface area is 71.9 Å². The first kappa shape index (κ1) is 8.54. The molecule has 0 aromatic rings. The Morgan fingerprint density at radius 3 is 2.70 bits per heavy atom. The van der Waals surface area contributed by atoms with Gasteiger partial charge in [0, 0.05) is 11.4 Å². The summed E-state index contributed by atoms with van der Waals surface area (Å²) in [6.07, 6.45) is 1.38. The molecule has 0 radical (unpaired) electrons. The van der Waals surface area contributed by atoms with Crippen LogP contribution in [0, 0.1) is 5.92 Å². The summed E-state index contributed by atoms with van der Waals surface area (Å²) in [5.74, 6) is 0.888. The highest BCUT2D eigenvalue weighted by molar-refractivity contribution is 9.09. The Hall–Kier alpha value is 0.440. The molecule has 60 valence electrons. The summed E-state index contributed by atoms with van der Waals surface area (Å²) in [5, 5.41) is 1.14. The number of hydrogen-bond donors (Lipinski definition) is 0. The van der Waals surface area contributed by atoms with Gasteiger partial charge >= 0.3 is 0 Å². The Morgan fingerprint density at radius 1 is 1.60 bits per heavy atom. The SMILES string of the molecule is CCN1CCC(C)C1CBr. The minimum absolute atomic E-state index is 0.796. The molecule has 1 heterocycles. The summed E-state index contributed by atoms with van der Waals surface area (Å²) in [7, 11) is 0. The average molecular weight is 206 g/mol. The quantitative estimate of drug-likeness (QED) is 0.625. The van der Waals surface area contributed by atoms with Gasteiger partial charge in [0.05, 0.1) is 0 Å². The lowest BCUT2D eigenvalue weighted by atomic mass is 10.1. The zero-order chi connectivity index (χ0) is 7.56. The van der Waals surface area contributed by atoms with E-state index in [9.17, 15) is 0 Å². The van der Waals surface area contributed by atoms with Crippen molar-refractivity contribution in [1.29, 1.82) is 0 Å². The second-order valence-electron chi connectivity index (χ2n) is 3.12. The molecule has 0 amide bonds. The first-order chi connectivity index (χ1) is 4.79. The van der Waals surface area contributed by atoms with Crippen LogP contribution in [0.5, 0.6) is 0 Å². The van der Waals surface area contributed by atoms with Crippen LogP contribution in [0.1, 0.15) is 20.3 Å². The molecule has 1 fully saturated rings. The predicted octanol–water partition coefficient (Wildman–Crippen LogP) is 2.11. The molecule has 0 spiro atoms. The highest BCUT2D eigenvalue weighted by Gasteiger charge is 2.28. The molecule has 1 nitrogen and oxygen atoms in total. The molecule has 0 N–H and O–H groups in total. The third-order valence-corrected chi connectivity index (χ3v) is 3.23. The van der Waals surface area contributed by atoms with Gasteiger partial charge in [-0.15, -0.1) is 0 Å². The molecule has 2 unspecified atom stereocenters. The fourth-order valence-corrected chi connectivity index (χ4v) is 2.78. The van der Waals surface area contributed by atoms with Gasteiger partial charge in [0.25, 0.3) is 0 Å². The zero-order valence-corrected chi connectivity index (χ0v) is 8.39. The monoisotopic (exact) mass is 205 g/mol. The molecular weight excluding hydrogens is 190 g/mol. The van der Waals surface area contributed by atoms with Crippen molar-refractivity contribution in [1.82, 2.24) is 4.90 Å². The van der Waals surface area contributed by atoms with E-state index in [4.69, 9.17) is 0 Å². The molecule has 2 atom stereocenters. The number of nitrogens with zero attached hydrogens (tertiary/aromatic N) is 1. The Balaban J connectivity index is 2.45. The highest BCUT2D eigenvalue weighted by atomic mass is 79.9. The van der Waals surface area contributed by atoms with E-state index in [1.54, 1.807) is 0 Å². The van der Waals surface area contributed by atoms with E-state index in [-0.39, 0.29) is 0 Å². The Kier molecular flexibility index (Phi) is 3.18. The fraction of sp³-hybridized carbons (Fsp3) is 1.00. The van der Waals surface area contributed by atoms with Crippen molar-refractivity contribution < 1.29 is 0 Å². The van der Waals surface area contributed by atoms with Crippen LogP contribution in [-0.4, -0.2) is 29.4 Å². The van der Waals surface area contributed by atoms with Crippen molar-refractivity contribution >= 4 is 15.9 Å². The molecule has 1 aliphatic heterocycles. The van der Waals surface area contributed by atoms with Gasteiger partial charge in [-0.1, -0.05) is 29.8 Å². The number of alkyl halides is 1. The fourth-order valence-electron chi connectivity index (χ4n) is 1.73. The topological polar surface area (TPSA) is 3.24 Å². The lowest BCUT2D eigenvalue weighted by Crippen LogP contribution is -2.33. The van der Waals surface area contributed by atoms with Crippen LogP contribution < -0.4 is 0 Å². The molecule has 1 saturated heterocycles. The van der Waals surface area contributed by atoms with Gasteiger partial charge in [-0.05, 0) is 25.4 Å². The maximum Gasteiger partial charge on any atom is 0.0218 e. The van der Waals surface area contributed by atoms with Gasteiger partial charge in [0.15, 0.2) is 0 Å². The maximum absolute atomic E-state index is 3.56. The Bertz CT molecular complexity index is 105. The molecular formula is C8H16BrN. The first-order valence-electron chi connectivity index (χ1n) is 4.09. The van der Waals surface area contributed by atoms with Crippen LogP contribution in [0.3, 0.4) is 0 Å². The molecule has 0 aliphatic carbocycles. The predicted molar refractivity (Wildman–Crippen MR) is 48.6 cm³/mol. The Morgan fingerprint density at radius 2 is 2.30 bits per heavy atom. The summed E-state index contributed by atoms with van der Waals surface area (Å²) < 4.78 is 0. The average Bonchev–Trinajstić information content (AvgIpc) is 2.30. The summed E-state index contributed by atoms with van der Waals surface area (Å²) in [6.45, 7) is 7.10. The number of hydrogen-bond acceptors (Lipinski definition) is 1. The molecule has 0 saturated carbocycles. The van der Waals surface area contributed by atoms with E-state index < -0.39 is 0 Å². The van der Waals surface area contributed by atoms with Gasteiger partial charge in [-0.25, -0.2) is 0 Å². The first-order valence-corrected chi connectivity index (χ1v) is 5.21. The van der Waals surface area contributed by atoms with E-state index in [0.29, 0.717) is 0 Å². The van der Waals surface area contributed by atoms with Gasteiger partial charge in [-0.2, -0.15) is 0 Å². The highest BCUT2D eigenvalue weighted by Crippen LogP contribution is 2.24. The van der Waals surface area contributed by atoms with Crippen molar-refractivity contribution in [2.45, 2.75) is 26.3 Å². The molecule has 1 rings (SSSR count). The summed E-state index contributed by atoms with van der Waals surface area (Å²) in [5.41, 5.74) is 0. The van der Waals surface area contributed by atoms with E-state index >= 15 is 0 Å². The van der Waals surface area contributed by atoms with Crippen molar-refractivity contribution in [3.63, 3.8) is 0 Å². The van der Waals surface area contributed by atoms with E-state index in [1.807, 2.05) is 0 Å². The van der Waals surface area contributed by atoms with Crippen molar-refractivity contribution in [2.24, 2.45) is 5.92 Å².